The van der Waals surface area contributed by atoms with Crippen LogP contribution in [0.3, 0.4) is 0 Å². The molecule has 1 heterocycles. The first-order valence-electron chi connectivity index (χ1n) is 4.06. The van der Waals surface area contributed by atoms with Crippen molar-refractivity contribution >= 4 is 0 Å². The predicted molar refractivity (Wildman–Crippen MR) is 42.8 cm³/mol. The van der Waals surface area contributed by atoms with E-state index in [2.05, 4.69) is 10.2 Å². The van der Waals surface area contributed by atoms with Crippen molar-refractivity contribution in [2.45, 2.75) is 12.8 Å². The highest BCUT2D eigenvalue weighted by Gasteiger charge is 2.09. The number of hydrogen-bond donors (Lipinski definition) is 1. The second-order valence-electron chi connectivity index (χ2n) is 2.75. The van der Waals surface area contributed by atoms with E-state index in [1.54, 1.807) is 0 Å². The molecule has 1 fully saturated rings. The second-order valence-corrected chi connectivity index (χ2v) is 2.75. The van der Waals surface area contributed by atoms with Gasteiger partial charge in [-0.3, -0.25) is 0 Å². The van der Waals surface area contributed by atoms with E-state index >= 15 is 0 Å². The summed E-state index contributed by atoms with van der Waals surface area (Å²) in [6, 6.07) is 0. The Labute approximate surface area is 63.6 Å². The van der Waals surface area contributed by atoms with Gasteiger partial charge in [0.05, 0.1) is 0 Å². The molecule has 10 heavy (non-hydrogen) atoms. The Kier molecular flexibility index (Phi) is 3.76. The molecule has 1 N–H and O–H groups in total. The zero-order valence-corrected chi connectivity index (χ0v) is 6.47. The van der Waals surface area contributed by atoms with Crippen molar-refractivity contribution in [3.63, 3.8) is 0 Å². The largest absolute Gasteiger partial charge is 0.315 e. The molecule has 0 bridgehead atoms. The Morgan fingerprint density at radius 2 is 2.00 bits per heavy atom. The van der Waals surface area contributed by atoms with Crippen molar-refractivity contribution in [2.24, 2.45) is 0 Å². The van der Waals surface area contributed by atoms with Gasteiger partial charge in [-0.2, -0.15) is 0 Å². The van der Waals surface area contributed by atoms with Gasteiger partial charge in [-0.05, 0) is 39.4 Å². The fourth-order valence-corrected chi connectivity index (χ4v) is 1.35. The molecule has 1 rings (SSSR count). The summed E-state index contributed by atoms with van der Waals surface area (Å²) in [5.74, 6) is 0. The lowest BCUT2D eigenvalue weighted by molar-refractivity contribution is 0.338. The Balaban J connectivity index is 1.91. The van der Waals surface area contributed by atoms with Crippen LogP contribution in [-0.4, -0.2) is 37.6 Å². The van der Waals surface area contributed by atoms with Gasteiger partial charge in [-0.1, -0.05) is 0 Å². The summed E-state index contributed by atoms with van der Waals surface area (Å²) < 4.78 is 0. The maximum absolute atomic E-state index is 5.28. The third-order valence-corrected chi connectivity index (χ3v) is 1.95. The van der Waals surface area contributed by atoms with Crippen LogP contribution >= 0.6 is 0 Å². The number of hydrogen-bond acceptors (Lipinski definition) is 2. The van der Waals surface area contributed by atoms with Gasteiger partial charge in [0.25, 0.3) is 0 Å². The van der Waals surface area contributed by atoms with Gasteiger partial charge in [0.2, 0.25) is 0 Å². The molecule has 0 atom stereocenters. The van der Waals surface area contributed by atoms with Crippen LogP contribution in [-0.2, 0) is 0 Å². The van der Waals surface area contributed by atoms with Crippen LogP contribution in [0.5, 0.6) is 0 Å². The summed E-state index contributed by atoms with van der Waals surface area (Å²) >= 11 is 0. The molecular formula is C8H16N2. The van der Waals surface area contributed by atoms with Crippen molar-refractivity contribution in [3.8, 4) is 0 Å². The summed E-state index contributed by atoms with van der Waals surface area (Å²) in [5, 5.41) is 3.11. The van der Waals surface area contributed by atoms with Crippen LogP contribution in [0, 0.1) is 6.92 Å². The lowest BCUT2D eigenvalue weighted by Crippen LogP contribution is -2.29. The average Bonchev–Trinajstić information content (AvgIpc) is 2.41. The van der Waals surface area contributed by atoms with Crippen molar-refractivity contribution < 1.29 is 0 Å². The first-order chi connectivity index (χ1) is 4.93. The van der Waals surface area contributed by atoms with Crippen molar-refractivity contribution in [1.29, 1.82) is 0 Å². The highest BCUT2D eigenvalue weighted by Crippen LogP contribution is 2.05. The summed E-state index contributed by atoms with van der Waals surface area (Å²) in [6.07, 6.45) is 2.76. The van der Waals surface area contributed by atoms with E-state index in [-0.39, 0.29) is 0 Å². The van der Waals surface area contributed by atoms with Crippen LogP contribution in [0.15, 0.2) is 0 Å². The van der Waals surface area contributed by atoms with Crippen molar-refractivity contribution in [3.05, 3.63) is 6.92 Å². The Bertz CT molecular complexity index is 77.3. The van der Waals surface area contributed by atoms with Gasteiger partial charge >= 0.3 is 0 Å². The molecule has 0 aromatic carbocycles. The molecule has 2 heteroatoms. The SMILES string of the molecule is [CH]CNCCN1CCCC1. The van der Waals surface area contributed by atoms with E-state index in [1.165, 1.54) is 25.9 Å². The first-order valence-corrected chi connectivity index (χ1v) is 4.06. The maximum Gasteiger partial charge on any atom is 0.0107 e. The van der Waals surface area contributed by atoms with E-state index in [9.17, 15) is 0 Å². The minimum atomic E-state index is 0.605. The van der Waals surface area contributed by atoms with Crippen molar-refractivity contribution in [1.82, 2.24) is 10.2 Å². The number of likely N-dealkylation sites (tertiary alicyclic amines) is 1. The molecule has 1 aliphatic heterocycles. The number of nitrogens with one attached hydrogen (secondary N) is 1. The van der Waals surface area contributed by atoms with E-state index in [0.717, 1.165) is 13.1 Å². The zero-order chi connectivity index (χ0) is 7.23. The van der Waals surface area contributed by atoms with Gasteiger partial charge in [0.15, 0.2) is 0 Å². The topological polar surface area (TPSA) is 15.3 Å². The Morgan fingerprint density at radius 3 is 2.60 bits per heavy atom. The quantitative estimate of drug-likeness (QED) is 0.568. The van der Waals surface area contributed by atoms with Crippen LogP contribution in [0.1, 0.15) is 12.8 Å². The highest BCUT2D eigenvalue weighted by molar-refractivity contribution is 4.66. The number of nitrogens with zero attached hydrogens (tertiary/aromatic N) is 1. The van der Waals surface area contributed by atoms with Gasteiger partial charge < -0.3 is 10.2 Å². The third-order valence-electron chi connectivity index (χ3n) is 1.95. The van der Waals surface area contributed by atoms with Gasteiger partial charge in [0, 0.05) is 13.1 Å². The lowest BCUT2D eigenvalue weighted by Gasteiger charge is -2.13. The van der Waals surface area contributed by atoms with E-state index < -0.39 is 0 Å². The van der Waals surface area contributed by atoms with Crippen LogP contribution in [0.25, 0.3) is 0 Å². The van der Waals surface area contributed by atoms with E-state index in [1.807, 2.05) is 0 Å². The Hall–Kier alpha value is -0.0800. The number of rotatable bonds is 4. The van der Waals surface area contributed by atoms with E-state index in [4.69, 9.17) is 6.92 Å². The van der Waals surface area contributed by atoms with Crippen LogP contribution < -0.4 is 5.32 Å². The molecular weight excluding hydrogens is 124 g/mol. The van der Waals surface area contributed by atoms with Gasteiger partial charge in [0.1, 0.15) is 0 Å². The first kappa shape index (κ1) is 8.02. The molecule has 2 radical (unpaired) electrons. The molecule has 0 aromatic heterocycles. The van der Waals surface area contributed by atoms with Crippen LogP contribution in [0.2, 0.25) is 0 Å². The van der Waals surface area contributed by atoms with E-state index in [0.29, 0.717) is 6.54 Å². The molecule has 58 valence electrons. The Morgan fingerprint density at radius 1 is 1.30 bits per heavy atom. The maximum atomic E-state index is 5.28. The fourth-order valence-electron chi connectivity index (χ4n) is 1.35. The second kappa shape index (κ2) is 4.69. The molecule has 0 aliphatic carbocycles. The summed E-state index contributed by atoms with van der Waals surface area (Å²) in [4.78, 5) is 2.47. The predicted octanol–water partition coefficient (Wildman–Crippen LogP) is 0.383. The molecule has 0 unspecified atom stereocenters. The smallest absolute Gasteiger partial charge is 0.0107 e. The van der Waals surface area contributed by atoms with Crippen molar-refractivity contribution in [2.75, 3.05) is 32.7 Å². The summed E-state index contributed by atoms with van der Waals surface area (Å²) in [6.45, 7) is 10.7. The average molecular weight is 140 g/mol. The standard InChI is InChI=1S/C8H16N2/c1-2-9-5-8-10-6-3-4-7-10/h1,9H,2-8H2. The fraction of sp³-hybridized carbons (Fsp3) is 0.875. The molecule has 0 aromatic rings. The minimum absolute atomic E-state index is 0.605. The summed E-state index contributed by atoms with van der Waals surface area (Å²) in [5.41, 5.74) is 0. The molecule has 0 spiro atoms. The molecule has 0 amide bonds. The summed E-state index contributed by atoms with van der Waals surface area (Å²) in [7, 11) is 0. The van der Waals surface area contributed by atoms with Gasteiger partial charge in [-0.15, -0.1) is 0 Å². The molecule has 2 nitrogen and oxygen atoms in total. The van der Waals surface area contributed by atoms with Crippen LogP contribution in [0.4, 0.5) is 0 Å². The highest BCUT2D eigenvalue weighted by atomic mass is 15.1. The minimum Gasteiger partial charge on any atom is -0.315 e. The normalized spacial score (nSPS) is 20.1. The monoisotopic (exact) mass is 140 g/mol. The molecule has 0 saturated carbocycles. The molecule has 1 saturated heterocycles. The molecule has 1 aliphatic rings. The third kappa shape index (κ3) is 2.67. The van der Waals surface area contributed by atoms with Gasteiger partial charge in [-0.25, -0.2) is 0 Å². The lowest BCUT2D eigenvalue weighted by atomic mass is 10.4. The zero-order valence-electron chi connectivity index (χ0n) is 6.47.